The summed E-state index contributed by atoms with van der Waals surface area (Å²) in [7, 11) is 2.05. The van der Waals surface area contributed by atoms with E-state index in [0.29, 0.717) is 41.4 Å². The number of nitrogens with zero attached hydrogens (tertiary/aromatic N) is 4. The molecule has 4 rings (SSSR count). The molecule has 10 nitrogen and oxygen atoms in total. The third-order valence-corrected chi connectivity index (χ3v) is 5.65. The lowest BCUT2D eigenvalue weighted by molar-refractivity contribution is -0.151. The van der Waals surface area contributed by atoms with E-state index in [1.165, 1.54) is 19.8 Å². The van der Waals surface area contributed by atoms with E-state index in [4.69, 9.17) is 4.74 Å². The summed E-state index contributed by atoms with van der Waals surface area (Å²) in [4.78, 5) is 21.6. The number of hydrogen-bond donors (Lipinski definition) is 4. The highest BCUT2D eigenvalue weighted by Crippen LogP contribution is 2.31. The number of nitrogens with one attached hydrogen (secondary N) is 3. The van der Waals surface area contributed by atoms with E-state index in [0.717, 1.165) is 18.5 Å². The Kier molecular flexibility index (Phi) is 7.91. The van der Waals surface area contributed by atoms with Crippen molar-refractivity contribution in [3.63, 3.8) is 0 Å². The Morgan fingerprint density at radius 3 is 2.36 bits per heavy atom. The molecule has 4 N–H and O–H groups in total. The van der Waals surface area contributed by atoms with Gasteiger partial charge in [-0.1, -0.05) is 0 Å². The van der Waals surface area contributed by atoms with Crippen LogP contribution in [0.15, 0.2) is 12.1 Å². The second-order valence-corrected chi connectivity index (χ2v) is 9.84. The summed E-state index contributed by atoms with van der Waals surface area (Å²) in [6, 6.07) is 5.31. The van der Waals surface area contributed by atoms with Crippen molar-refractivity contribution in [1.29, 1.82) is 0 Å². The minimum Gasteiger partial charge on any atom is -0.460 e. The van der Waals surface area contributed by atoms with Crippen molar-refractivity contribution < 1.29 is 14.6 Å². The first-order chi connectivity index (χ1) is 15.5. The maximum atomic E-state index is 10.2. The number of aromatic nitrogens is 4. The van der Waals surface area contributed by atoms with Crippen LogP contribution in [0.25, 0.3) is 0 Å². The third kappa shape index (κ3) is 7.40. The molecular weight excluding hydrogens is 422 g/mol. The molecular formula is C23H37N7O3. The second-order valence-electron chi connectivity index (χ2n) is 9.84. The van der Waals surface area contributed by atoms with E-state index >= 15 is 0 Å². The Morgan fingerprint density at radius 1 is 1.21 bits per heavy atom. The molecule has 3 atom stereocenters. The first-order valence-electron chi connectivity index (χ1n) is 11.5. The fourth-order valence-electron chi connectivity index (χ4n) is 4.34. The average molecular weight is 460 g/mol. The Morgan fingerprint density at radius 2 is 1.88 bits per heavy atom. The molecule has 1 unspecified atom stereocenters. The van der Waals surface area contributed by atoms with Gasteiger partial charge in [-0.25, -0.2) is 4.98 Å². The first kappa shape index (κ1) is 24.9. The van der Waals surface area contributed by atoms with Gasteiger partial charge < -0.3 is 25.4 Å². The molecule has 33 heavy (non-hydrogen) atoms. The summed E-state index contributed by atoms with van der Waals surface area (Å²) < 4.78 is 4.80. The standard InChI is InChI=1S/C17H25N7O.C6H12O2/c1-10-5-16(23-22-10)20-15-8-13(9-25)19-17(21-15)24(2)14-6-11-3-4-12(7-14)18-11;1-5(7)8-6(2,3)4/h5,8,11-12,14,18,25H,3-4,6-7,9H2,1-2H3,(H2,19,20,21,22,23);1-4H3/t11-,12+,14?;. The zero-order chi connectivity index (χ0) is 24.2. The van der Waals surface area contributed by atoms with Gasteiger partial charge in [0.25, 0.3) is 0 Å². The number of piperidine rings is 1. The summed E-state index contributed by atoms with van der Waals surface area (Å²) in [6.45, 7) is 8.76. The van der Waals surface area contributed by atoms with Crippen LogP contribution >= 0.6 is 0 Å². The SMILES string of the molecule is CC(=O)OC(C)(C)C.Cc1cc(Nc2cc(CO)nc(N(C)C3C[C@H]4CC[C@@H](C3)N4)n2)n[nH]1. The number of ether oxygens (including phenoxy) is 1. The van der Waals surface area contributed by atoms with Crippen LogP contribution in [0.3, 0.4) is 0 Å². The van der Waals surface area contributed by atoms with Gasteiger partial charge >= 0.3 is 5.97 Å². The van der Waals surface area contributed by atoms with Crippen molar-refractivity contribution in [2.24, 2.45) is 0 Å². The third-order valence-electron chi connectivity index (χ3n) is 5.65. The molecule has 2 fully saturated rings. The van der Waals surface area contributed by atoms with Crippen LogP contribution in [0, 0.1) is 6.92 Å². The van der Waals surface area contributed by atoms with Crippen molar-refractivity contribution in [1.82, 2.24) is 25.5 Å². The van der Waals surface area contributed by atoms with Crippen LogP contribution in [0.5, 0.6) is 0 Å². The van der Waals surface area contributed by atoms with Gasteiger partial charge in [-0.2, -0.15) is 10.1 Å². The zero-order valence-corrected chi connectivity index (χ0v) is 20.5. The molecule has 2 bridgehead atoms. The van der Waals surface area contributed by atoms with Crippen LogP contribution in [-0.2, 0) is 16.1 Å². The predicted molar refractivity (Wildman–Crippen MR) is 127 cm³/mol. The molecule has 2 aliphatic heterocycles. The summed E-state index contributed by atoms with van der Waals surface area (Å²) in [5.74, 6) is 1.77. The summed E-state index contributed by atoms with van der Waals surface area (Å²) in [5.41, 5.74) is 1.25. The summed E-state index contributed by atoms with van der Waals surface area (Å²) in [5, 5.41) is 23.5. The number of carbonyl (C=O) groups excluding carboxylic acids is 1. The van der Waals surface area contributed by atoms with Gasteiger partial charge in [0.05, 0.1) is 12.3 Å². The number of aromatic amines is 1. The Bertz CT molecular complexity index is 928. The highest BCUT2D eigenvalue weighted by Gasteiger charge is 2.35. The smallest absolute Gasteiger partial charge is 0.303 e. The number of rotatable bonds is 5. The number of aliphatic hydroxyl groups excluding tert-OH is 1. The van der Waals surface area contributed by atoms with Gasteiger partial charge in [0.2, 0.25) is 5.95 Å². The molecule has 0 aromatic carbocycles. The topological polar surface area (TPSA) is 128 Å². The molecule has 10 heteroatoms. The maximum Gasteiger partial charge on any atom is 0.303 e. The van der Waals surface area contributed by atoms with E-state index in [2.05, 4.69) is 35.7 Å². The van der Waals surface area contributed by atoms with Crippen molar-refractivity contribution in [2.75, 3.05) is 17.3 Å². The predicted octanol–water partition coefficient (Wildman–Crippen LogP) is 2.81. The van der Waals surface area contributed by atoms with Crippen molar-refractivity contribution in [3.05, 3.63) is 23.5 Å². The Hall–Kier alpha value is -2.72. The highest BCUT2D eigenvalue weighted by atomic mass is 16.6. The molecule has 0 radical (unpaired) electrons. The molecule has 0 amide bonds. The van der Waals surface area contributed by atoms with Crippen LogP contribution < -0.4 is 15.5 Å². The van der Waals surface area contributed by atoms with Gasteiger partial charge in [0, 0.05) is 49.9 Å². The van der Waals surface area contributed by atoms with Crippen LogP contribution in [0.2, 0.25) is 0 Å². The zero-order valence-electron chi connectivity index (χ0n) is 20.5. The lowest BCUT2D eigenvalue weighted by Gasteiger charge is -2.35. The monoisotopic (exact) mass is 459 g/mol. The van der Waals surface area contributed by atoms with Gasteiger partial charge in [-0.05, 0) is 53.4 Å². The number of hydrogen-bond acceptors (Lipinski definition) is 9. The molecule has 2 saturated heterocycles. The molecule has 2 aliphatic rings. The van der Waals surface area contributed by atoms with E-state index in [1.807, 2.05) is 40.8 Å². The van der Waals surface area contributed by atoms with Gasteiger partial charge in [0.15, 0.2) is 5.82 Å². The second kappa shape index (κ2) is 10.5. The van der Waals surface area contributed by atoms with Crippen LogP contribution in [-0.4, -0.2) is 62.0 Å². The molecule has 0 aliphatic carbocycles. The fraction of sp³-hybridized carbons (Fsp3) is 0.652. The average Bonchev–Trinajstić information content (AvgIpc) is 3.29. The van der Waals surface area contributed by atoms with E-state index in [9.17, 15) is 9.90 Å². The molecule has 2 aromatic heterocycles. The normalized spacial score (nSPS) is 21.7. The largest absolute Gasteiger partial charge is 0.460 e. The summed E-state index contributed by atoms with van der Waals surface area (Å²) >= 11 is 0. The van der Waals surface area contributed by atoms with E-state index in [1.54, 1.807) is 6.07 Å². The number of H-pyrrole nitrogens is 1. The minimum atomic E-state index is -0.328. The molecule has 0 spiro atoms. The molecule has 4 heterocycles. The number of anilines is 3. The maximum absolute atomic E-state index is 10.2. The van der Waals surface area contributed by atoms with E-state index < -0.39 is 0 Å². The fourth-order valence-corrected chi connectivity index (χ4v) is 4.34. The van der Waals surface area contributed by atoms with Gasteiger partial charge in [-0.3, -0.25) is 9.89 Å². The van der Waals surface area contributed by atoms with Crippen LogP contribution in [0.4, 0.5) is 17.6 Å². The number of esters is 1. The van der Waals surface area contributed by atoms with Crippen molar-refractivity contribution >= 4 is 23.6 Å². The quantitative estimate of drug-likeness (QED) is 0.499. The number of carbonyl (C=O) groups is 1. The lowest BCUT2D eigenvalue weighted by Crippen LogP contribution is -2.47. The van der Waals surface area contributed by atoms with Crippen molar-refractivity contribution in [2.45, 2.75) is 90.6 Å². The minimum absolute atomic E-state index is 0.116. The number of fused-ring (bicyclic) bond motifs is 2. The number of aryl methyl sites for hydroxylation is 1. The molecule has 2 aromatic rings. The molecule has 182 valence electrons. The van der Waals surface area contributed by atoms with Crippen LogP contribution in [0.1, 0.15) is 64.8 Å². The van der Waals surface area contributed by atoms with E-state index in [-0.39, 0.29) is 18.2 Å². The Balaban J connectivity index is 0.000000331. The lowest BCUT2D eigenvalue weighted by atomic mass is 9.99. The highest BCUT2D eigenvalue weighted by molar-refractivity contribution is 5.66. The number of aliphatic hydroxyl groups is 1. The van der Waals surface area contributed by atoms with Gasteiger partial charge in [0.1, 0.15) is 11.4 Å². The van der Waals surface area contributed by atoms with Gasteiger partial charge in [-0.15, -0.1) is 0 Å². The first-order valence-corrected chi connectivity index (χ1v) is 11.5. The van der Waals surface area contributed by atoms with Crippen molar-refractivity contribution in [3.8, 4) is 0 Å². The molecule has 0 saturated carbocycles. The summed E-state index contributed by atoms with van der Waals surface area (Å²) in [6.07, 6.45) is 4.75. The Labute approximate surface area is 195 Å².